The summed E-state index contributed by atoms with van der Waals surface area (Å²) in [6, 6.07) is 0. The van der Waals surface area contributed by atoms with Crippen LogP contribution < -0.4 is 0 Å². The van der Waals surface area contributed by atoms with Crippen LogP contribution in [0, 0.1) is 11.3 Å². The Bertz CT molecular complexity index is 97.1. The van der Waals surface area contributed by atoms with Crippen LogP contribution in [-0.4, -0.2) is 0 Å². The van der Waals surface area contributed by atoms with Crippen LogP contribution in [0.1, 0.15) is 66.7 Å². The monoisotopic (exact) mass is 170 g/mol. The third kappa shape index (κ3) is 8.10. The molecule has 0 saturated carbocycles. The Balaban J connectivity index is 3.40. The minimum Gasteiger partial charge on any atom is -0.0654 e. The summed E-state index contributed by atoms with van der Waals surface area (Å²) in [6.45, 7) is 11.7. The van der Waals surface area contributed by atoms with Crippen LogP contribution in [0.25, 0.3) is 0 Å². The van der Waals surface area contributed by atoms with Gasteiger partial charge in [0.25, 0.3) is 0 Å². The normalized spacial score (nSPS) is 14.8. The van der Waals surface area contributed by atoms with E-state index in [-0.39, 0.29) is 0 Å². The highest BCUT2D eigenvalue weighted by atomic mass is 14.2. The van der Waals surface area contributed by atoms with Crippen molar-refractivity contribution in [1.82, 2.24) is 0 Å². The molecule has 0 saturated heterocycles. The van der Waals surface area contributed by atoms with Crippen LogP contribution in [0.15, 0.2) is 0 Å². The molecule has 0 heterocycles. The largest absolute Gasteiger partial charge is 0.0654 e. The van der Waals surface area contributed by atoms with Crippen LogP contribution >= 0.6 is 0 Å². The van der Waals surface area contributed by atoms with Gasteiger partial charge >= 0.3 is 0 Å². The van der Waals surface area contributed by atoms with Gasteiger partial charge in [0, 0.05) is 0 Å². The Morgan fingerprint density at radius 1 is 1.08 bits per heavy atom. The summed E-state index contributed by atoms with van der Waals surface area (Å²) in [4.78, 5) is 0. The minimum absolute atomic E-state index is 0.519. The fourth-order valence-electron chi connectivity index (χ4n) is 1.89. The fourth-order valence-corrected chi connectivity index (χ4v) is 1.89. The summed E-state index contributed by atoms with van der Waals surface area (Å²) in [5.41, 5.74) is 0.519. The van der Waals surface area contributed by atoms with Gasteiger partial charge in [-0.1, -0.05) is 60.3 Å². The Kier molecular flexibility index (Phi) is 5.61. The average molecular weight is 170 g/mol. The molecule has 0 aromatic heterocycles. The standard InChI is InChI=1S/C12H26/c1-6-7-8-9-11(2)10-12(3,4)5/h11H,6-10H2,1-5H3. The van der Waals surface area contributed by atoms with Gasteiger partial charge in [-0.2, -0.15) is 0 Å². The molecular weight excluding hydrogens is 144 g/mol. The van der Waals surface area contributed by atoms with Gasteiger partial charge in [-0.05, 0) is 17.8 Å². The van der Waals surface area contributed by atoms with E-state index in [1.165, 1.54) is 32.1 Å². The second-order valence-electron chi connectivity index (χ2n) is 5.37. The molecule has 0 fully saturated rings. The summed E-state index contributed by atoms with van der Waals surface area (Å²) < 4.78 is 0. The van der Waals surface area contributed by atoms with Gasteiger partial charge in [-0.3, -0.25) is 0 Å². The highest BCUT2D eigenvalue weighted by molar-refractivity contribution is 4.66. The smallest absolute Gasteiger partial charge is 0.0380 e. The van der Waals surface area contributed by atoms with Crippen LogP contribution in [0.5, 0.6) is 0 Å². The average Bonchev–Trinajstić information content (AvgIpc) is 1.84. The van der Waals surface area contributed by atoms with Gasteiger partial charge in [0.1, 0.15) is 0 Å². The Morgan fingerprint density at radius 3 is 2.08 bits per heavy atom. The lowest BCUT2D eigenvalue weighted by molar-refractivity contribution is 0.292. The molecule has 0 heteroatoms. The molecule has 0 amide bonds. The van der Waals surface area contributed by atoms with Crippen molar-refractivity contribution in [3.63, 3.8) is 0 Å². The van der Waals surface area contributed by atoms with Crippen LogP contribution in [-0.2, 0) is 0 Å². The lowest BCUT2D eigenvalue weighted by atomic mass is 9.83. The lowest BCUT2D eigenvalue weighted by Crippen LogP contribution is -2.10. The molecule has 1 unspecified atom stereocenters. The molecule has 1 atom stereocenters. The Hall–Kier alpha value is 0. The molecule has 0 aromatic rings. The predicted molar refractivity (Wildman–Crippen MR) is 57.4 cm³/mol. The maximum atomic E-state index is 2.39. The first-order valence-electron chi connectivity index (χ1n) is 5.45. The van der Waals surface area contributed by atoms with Gasteiger partial charge in [-0.25, -0.2) is 0 Å². The summed E-state index contributed by atoms with van der Waals surface area (Å²) in [5, 5.41) is 0. The Morgan fingerprint density at radius 2 is 1.67 bits per heavy atom. The van der Waals surface area contributed by atoms with Gasteiger partial charge in [0.15, 0.2) is 0 Å². The highest BCUT2D eigenvalue weighted by Gasteiger charge is 2.14. The van der Waals surface area contributed by atoms with E-state index in [0.717, 1.165) is 5.92 Å². The molecule has 0 radical (unpaired) electrons. The predicted octanol–water partition coefficient (Wildman–Crippen LogP) is 4.64. The first-order chi connectivity index (χ1) is 5.45. The van der Waals surface area contributed by atoms with E-state index in [1.807, 2.05) is 0 Å². The summed E-state index contributed by atoms with van der Waals surface area (Å²) in [7, 11) is 0. The van der Waals surface area contributed by atoms with Gasteiger partial charge in [0.05, 0.1) is 0 Å². The van der Waals surface area contributed by atoms with Crippen molar-refractivity contribution in [2.45, 2.75) is 66.7 Å². The molecule has 0 nitrogen and oxygen atoms in total. The van der Waals surface area contributed by atoms with E-state index < -0.39 is 0 Å². The third-order valence-electron chi connectivity index (χ3n) is 2.26. The van der Waals surface area contributed by atoms with Gasteiger partial charge < -0.3 is 0 Å². The molecule has 12 heavy (non-hydrogen) atoms. The van der Waals surface area contributed by atoms with E-state index >= 15 is 0 Å². The zero-order valence-electron chi connectivity index (χ0n) is 9.61. The quantitative estimate of drug-likeness (QED) is 0.527. The molecule has 0 aliphatic carbocycles. The summed E-state index contributed by atoms with van der Waals surface area (Å²) >= 11 is 0. The third-order valence-corrected chi connectivity index (χ3v) is 2.26. The first-order valence-corrected chi connectivity index (χ1v) is 5.45. The Labute approximate surface area is 78.8 Å². The molecule has 0 spiro atoms. The number of hydrogen-bond acceptors (Lipinski definition) is 0. The minimum atomic E-state index is 0.519. The SMILES string of the molecule is CCCCCC(C)CC(C)(C)C. The number of unbranched alkanes of at least 4 members (excludes halogenated alkanes) is 2. The molecule has 0 aromatic carbocycles. The van der Waals surface area contributed by atoms with Crippen molar-refractivity contribution in [2.75, 3.05) is 0 Å². The van der Waals surface area contributed by atoms with Crippen molar-refractivity contribution in [3.05, 3.63) is 0 Å². The van der Waals surface area contributed by atoms with Crippen molar-refractivity contribution in [2.24, 2.45) is 11.3 Å². The maximum absolute atomic E-state index is 2.39. The van der Waals surface area contributed by atoms with Crippen molar-refractivity contribution >= 4 is 0 Å². The lowest BCUT2D eigenvalue weighted by Gasteiger charge is -2.23. The fraction of sp³-hybridized carbons (Fsp3) is 1.00. The van der Waals surface area contributed by atoms with E-state index in [9.17, 15) is 0 Å². The van der Waals surface area contributed by atoms with Crippen LogP contribution in [0.3, 0.4) is 0 Å². The molecular formula is C12H26. The maximum Gasteiger partial charge on any atom is -0.0380 e. The molecule has 0 bridgehead atoms. The second kappa shape index (κ2) is 5.61. The van der Waals surface area contributed by atoms with Crippen molar-refractivity contribution in [1.29, 1.82) is 0 Å². The topological polar surface area (TPSA) is 0 Å². The van der Waals surface area contributed by atoms with E-state index in [0.29, 0.717) is 5.41 Å². The molecule has 74 valence electrons. The van der Waals surface area contributed by atoms with Crippen LogP contribution in [0.2, 0.25) is 0 Å². The molecule has 0 aliphatic rings. The van der Waals surface area contributed by atoms with Gasteiger partial charge in [-0.15, -0.1) is 0 Å². The zero-order valence-corrected chi connectivity index (χ0v) is 9.61. The summed E-state index contributed by atoms with van der Waals surface area (Å²) in [5.74, 6) is 0.913. The van der Waals surface area contributed by atoms with Crippen LogP contribution in [0.4, 0.5) is 0 Å². The molecule has 0 rings (SSSR count). The number of hydrogen-bond donors (Lipinski definition) is 0. The second-order valence-corrected chi connectivity index (χ2v) is 5.37. The zero-order chi connectivity index (χ0) is 9.61. The van der Waals surface area contributed by atoms with E-state index in [2.05, 4.69) is 34.6 Å². The van der Waals surface area contributed by atoms with Crippen molar-refractivity contribution in [3.8, 4) is 0 Å². The summed E-state index contributed by atoms with van der Waals surface area (Å²) in [6.07, 6.45) is 6.98. The van der Waals surface area contributed by atoms with Crippen molar-refractivity contribution < 1.29 is 0 Å². The van der Waals surface area contributed by atoms with Gasteiger partial charge in [0.2, 0.25) is 0 Å². The molecule has 0 N–H and O–H groups in total. The molecule has 0 aliphatic heterocycles. The van der Waals surface area contributed by atoms with E-state index in [4.69, 9.17) is 0 Å². The first kappa shape index (κ1) is 12.0. The van der Waals surface area contributed by atoms with E-state index in [1.54, 1.807) is 0 Å². The highest BCUT2D eigenvalue weighted by Crippen LogP contribution is 2.26. The number of rotatable bonds is 5.